The van der Waals surface area contributed by atoms with Gasteiger partial charge in [-0.25, -0.2) is 4.79 Å². The molecule has 3 rings (SSSR count). The first-order valence-corrected chi connectivity index (χ1v) is 8.31. The van der Waals surface area contributed by atoms with E-state index in [0.29, 0.717) is 6.54 Å². The van der Waals surface area contributed by atoms with Crippen LogP contribution in [-0.4, -0.2) is 48.3 Å². The Labute approximate surface area is 131 Å². The summed E-state index contributed by atoms with van der Waals surface area (Å²) >= 11 is 0. The summed E-state index contributed by atoms with van der Waals surface area (Å²) in [5.41, 5.74) is 2.04. The lowest BCUT2D eigenvalue weighted by molar-refractivity contribution is 0.0883. The number of carbonyl (C=O) groups is 1. The van der Waals surface area contributed by atoms with E-state index in [0.717, 1.165) is 38.2 Å². The minimum Gasteiger partial charge on any atom is -0.391 e. The molecule has 0 aliphatic carbocycles. The maximum Gasteiger partial charge on any atom is 0.321 e. The summed E-state index contributed by atoms with van der Waals surface area (Å²) in [7, 11) is 0. The second-order valence-electron chi connectivity index (χ2n) is 6.27. The predicted octanol–water partition coefficient (Wildman–Crippen LogP) is 2.67. The minimum atomic E-state index is -0.388. The first-order valence-electron chi connectivity index (χ1n) is 8.31. The lowest BCUT2D eigenvalue weighted by Crippen LogP contribution is -2.44. The van der Waals surface area contributed by atoms with Crippen LogP contribution in [0.25, 0.3) is 0 Å². The van der Waals surface area contributed by atoms with Crippen LogP contribution in [0.1, 0.15) is 32.1 Å². The van der Waals surface area contributed by atoms with Crippen molar-refractivity contribution in [1.82, 2.24) is 4.90 Å². The Morgan fingerprint density at radius 1 is 1.05 bits per heavy atom. The van der Waals surface area contributed by atoms with Gasteiger partial charge in [0.15, 0.2) is 0 Å². The van der Waals surface area contributed by atoms with Crippen LogP contribution < -0.4 is 10.2 Å². The molecule has 2 N–H and O–H groups in total. The van der Waals surface area contributed by atoms with Crippen LogP contribution in [0, 0.1) is 0 Å². The Balaban J connectivity index is 1.57. The Kier molecular flexibility index (Phi) is 4.83. The summed E-state index contributed by atoms with van der Waals surface area (Å²) in [5, 5.41) is 12.6. The summed E-state index contributed by atoms with van der Waals surface area (Å²) in [6.07, 6.45) is 5.11. The number of piperidine rings is 2. The van der Waals surface area contributed by atoms with Crippen LogP contribution in [0.5, 0.6) is 0 Å². The van der Waals surface area contributed by atoms with Crippen molar-refractivity contribution in [3.05, 3.63) is 24.3 Å². The highest BCUT2D eigenvalue weighted by Gasteiger charge is 2.22. The van der Waals surface area contributed by atoms with E-state index >= 15 is 0 Å². The number of hydrogen-bond acceptors (Lipinski definition) is 3. The van der Waals surface area contributed by atoms with Crippen molar-refractivity contribution in [1.29, 1.82) is 0 Å². The smallest absolute Gasteiger partial charge is 0.321 e. The molecule has 5 heteroatoms. The van der Waals surface area contributed by atoms with Gasteiger partial charge in [0.25, 0.3) is 0 Å². The zero-order valence-electron chi connectivity index (χ0n) is 13.0. The van der Waals surface area contributed by atoms with Gasteiger partial charge in [0.05, 0.1) is 6.10 Å². The molecule has 0 aromatic heterocycles. The van der Waals surface area contributed by atoms with E-state index < -0.39 is 0 Å². The molecular weight excluding hydrogens is 278 g/mol. The van der Waals surface area contributed by atoms with Crippen molar-refractivity contribution in [2.75, 3.05) is 36.4 Å². The first kappa shape index (κ1) is 15.2. The third-order valence-corrected chi connectivity index (χ3v) is 4.52. The molecule has 5 nitrogen and oxygen atoms in total. The second kappa shape index (κ2) is 7.01. The largest absolute Gasteiger partial charge is 0.391 e. The van der Waals surface area contributed by atoms with Gasteiger partial charge in [0.1, 0.15) is 0 Å². The number of anilines is 2. The third kappa shape index (κ3) is 3.71. The SMILES string of the molecule is O=C(Nc1ccc(N2CCCCC2)cc1)N1CCCC(O)C1. The van der Waals surface area contributed by atoms with Crippen LogP contribution in [0.15, 0.2) is 24.3 Å². The number of likely N-dealkylation sites (tertiary alicyclic amines) is 1. The van der Waals surface area contributed by atoms with Crippen molar-refractivity contribution in [3.8, 4) is 0 Å². The molecule has 2 saturated heterocycles. The number of urea groups is 1. The van der Waals surface area contributed by atoms with Crippen LogP contribution in [-0.2, 0) is 0 Å². The molecule has 120 valence electrons. The highest BCUT2D eigenvalue weighted by Crippen LogP contribution is 2.22. The summed E-state index contributed by atoms with van der Waals surface area (Å²) < 4.78 is 0. The van der Waals surface area contributed by atoms with E-state index in [1.54, 1.807) is 4.90 Å². The average molecular weight is 303 g/mol. The molecule has 1 unspecified atom stereocenters. The van der Waals surface area contributed by atoms with E-state index in [-0.39, 0.29) is 12.1 Å². The molecule has 2 fully saturated rings. The molecule has 2 amide bonds. The molecule has 22 heavy (non-hydrogen) atoms. The van der Waals surface area contributed by atoms with Gasteiger partial charge in [-0.3, -0.25) is 0 Å². The number of carbonyl (C=O) groups excluding carboxylic acids is 1. The molecule has 1 atom stereocenters. The molecule has 2 heterocycles. The molecule has 1 aromatic carbocycles. The molecule has 0 bridgehead atoms. The Morgan fingerprint density at radius 2 is 1.77 bits per heavy atom. The Bertz CT molecular complexity index is 497. The number of β-amino-alcohol motifs (C(OH)–C–C–N with tert-alkyl or cyclic N) is 1. The fourth-order valence-corrected chi connectivity index (χ4v) is 3.25. The fourth-order valence-electron chi connectivity index (χ4n) is 3.25. The number of amides is 2. The van der Waals surface area contributed by atoms with Crippen LogP contribution in [0.4, 0.5) is 16.2 Å². The maximum absolute atomic E-state index is 12.2. The van der Waals surface area contributed by atoms with Gasteiger partial charge in [-0.2, -0.15) is 0 Å². The number of aliphatic hydroxyl groups is 1. The number of benzene rings is 1. The van der Waals surface area contributed by atoms with Gasteiger partial charge in [-0.15, -0.1) is 0 Å². The number of nitrogens with zero attached hydrogens (tertiary/aromatic N) is 2. The van der Waals surface area contributed by atoms with Crippen molar-refractivity contribution in [2.45, 2.75) is 38.2 Å². The summed E-state index contributed by atoms with van der Waals surface area (Å²) in [4.78, 5) is 16.3. The monoisotopic (exact) mass is 303 g/mol. The molecular formula is C17H25N3O2. The van der Waals surface area contributed by atoms with Crippen LogP contribution >= 0.6 is 0 Å². The quantitative estimate of drug-likeness (QED) is 0.883. The van der Waals surface area contributed by atoms with E-state index in [1.807, 2.05) is 12.1 Å². The normalized spacial score (nSPS) is 22.5. The van der Waals surface area contributed by atoms with Crippen molar-refractivity contribution in [3.63, 3.8) is 0 Å². The van der Waals surface area contributed by atoms with E-state index in [1.165, 1.54) is 24.9 Å². The minimum absolute atomic E-state index is 0.121. The van der Waals surface area contributed by atoms with Crippen LogP contribution in [0.2, 0.25) is 0 Å². The van der Waals surface area contributed by atoms with Crippen molar-refractivity contribution in [2.24, 2.45) is 0 Å². The highest BCUT2D eigenvalue weighted by molar-refractivity contribution is 5.89. The van der Waals surface area contributed by atoms with Crippen LogP contribution in [0.3, 0.4) is 0 Å². The van der Waals surface area contributed by atoms with Gasteiger partial charge < -0.3 is 20.2 Å². The zero-order valence-corrected chi connectivity index (χ0v) is 13.0. The van der Waals surface area contributed by atoms with Gasteiger partial charge in [-0.05, 0) is 56.4 Å². The average Bonchev–Trinajstić information content (AvgIpc) is 2.56. The van der Waals surface area contributed by atoms with E-state index in [4.69, 9.17) is 0 Å². The summed E-state index contributed by atoms with van der Waals surface area (Å²) in [5.74, 6) is 0. The maximum atomic E-state index is 12.2. The first-order chi connectivity index (χ1) is 10.7. The molecule has 2 aliphatic rings. The Hall–Kier alpha value is -1.75. The van der Waals surface area contributed by atoms with E-state index in [9.17, 15) is 9.90 Å². The van der Waals surface area contributed by atoms with Gasteiger partial charge in [0.2, 0.25) is 0 Å². The molecule has 0 spiro atoms. The number of aliphatic hydroxyl groups excluding tert-OH is 1. The summed E-state index contributed by atoms with van der Waals surface area (Å²) in [6, 6.07) is 7.95. The number of rotatable bonds is 2. The standard InChI is InChI=1S/C17H25N3O2/c21-16-5-4-12-20(13-16)17(22)18-14-6-8-15(9-7-14)19-10-2-1-3-11-19/h6-9,16,21H,1-5,10-13H2,(H,18,22). The third-order valence-electron chi connectivity index (χ3n) is 4.52. The van der Waals surface area contributed by atoms with E-state index in [2.05, 4.69) is 22.3 Å². The lowest BCUT2D eigenvalue weighted by Gasteiger charge is -2.30. The molecule has 0 saturated carbocycles. The van der Waals surface area contributed by atoms with Crippen molar-refractivity contribution >= 4 is 17.4 Å². The van der Waals surface area contributed by atoms with Crippen molar-refractivity contribution < 1.29 is 9.90 Å². The lowest BCUT2D eigenvalue weighted by atomic mass is 10.1. The van der Waals surface area contributed by atoms with Gasteiger partial charge in [0, 0.05) is 37.6 Å². The highest BCUT2D eigenvalue weighted by atomic mass is 16.3. The Morgan fingerprint density at radius 3 is 2.45 bits per heavy atom. The number of hydrogen-bond donors (Lipinski definition) is 2. The zero-order chi connectivity index (χ0) is 15.4. The van der Waals surface area contributed by atoms with Gasteiger partial charge in [-0.1, -0.05) is 0 Å². The predicted molar refractivity (Wildman–Crippen MR) is 88.3 cm³/mol. The molecule has 1 aromatic rings. The van der Waals surface area contributed by atoms with Gasteiger partial charge >= 0.3 is 6.03 Å². The second-order valence-corrected chi connectivity index (χ2v) is 6.27. The molecule has 2 aliphatic heterocycles. The number of nitrogens with one attached hydrogen (secondary N) is 1. The summed E-state index contributed by atoms with van der Waals surface area (Å²) in [6.45, 7) is 3.39. The fraction of sp³-hybridized carbons (Fsp3) is 0.588. The topological polar surface area (TPSA) is 55.8 Å². The molecule has 0 radical (unpaired) electrons.